The van der Waals surface area contributed by atoms with Crippen LogP contribution in [0.5, 0.6) is 0 Å². The van der Waals surface area contributed by atoms with E-state index in [9.17, 15) is 0 Å². The number of rotatable bonds is 8. The summed E-state index contributed by atoms with van der Waals surface area (Å²) in [5, 5.41) is 0. The van der Waals surface area contributed by atoms with Crippen molar-refractivity contribution in [1.82, 2.24) is 4.90 Å². The van der Waals surface area contributed by atoms with Gasteiger partial charge in [-0.15, -0.1) is 0 Å². The molecule has 0 bridgehead atoms. The molecule has 1 rings (SSSR count). The first-order valence-corrected chi connectivity index (χ1v) is 7.71. The minimum atomic E-state index is 0.259. The van der Waals surface area contributed by atoms with Crippen LogP contribution >= 0.6 is 0 Å². The fraction of sp³-hybridized carbons (Fsp3) is 1.00. The monoisotopic (exact) mass is 256 g/mol. The molecule has 0 aliphatic heterocycles. The zero-order chi connectivity index (χ0) is 13.4. The van der Waals surface area contributed by atoms with E-state index in [0.717, 1.165) is 26.2 Å². The molecule has 18 heavy (non-hydrogen) atoms. The third kappa shape index (κ3) is 4.52. The van der Waals surface area contributed by atoms with Crippen molar-refractivity contribution in [2.24, 2.45) is 5.73 Å². The van der Waals surface area contributed by atoms with Gasteiger partial charge in [0.05, 0.1) is 12.7 Å². The Morgan fingerprint density at radius 1 is 1.17 bits per heavy atom. The second kappa shape index (κ2) is 8.13. The molecule has 0 atom stereocenters. The number of hydrogen-bond acceptors (Lipinski definition) is 3. The maximum Gasteiger partial charge on any atom is 0.0597 e. The Morgan fingerprint density at radius 2 is 1.83 bits per heavy atom. The van der Waals surface area contributed by atoms with Gasteiger partial charge < -0.3 is 10.5 Å². The van der Waals surface area contributed by atoms with Gasteiger partial charge in [-0.25, -0.2) is 0 Å². The topological polar surface area (TPSA) is 38.5 Å². The Bertz CT molecular complexity index is 213. The number of nitrogens with zero attached hydrogens (tertiary/aromatic N) is 1. The molecule has 1 aliphatic rings. The van der Waals surface area contributed by atoms with Gasteiger partial charge in [0.1, 0.15) is 0 Å². The van der Waals surface area contributed by atoms with Crippen molar-refractivity contribution in [2.45, 2.75) is 70.9 Å². The van der Waals surface area contributed by atoms with Crippen molar-refractivity contribution in [3.8, 4) is 0 Å². The van der Waals surface area contributed by atoms with Crippen molar-refractivity contribution < 1.29 is 4.74 Å². The first kappa shape index (κ1) is 15.9. The van der Waals surface area contributed by atoms with Crippen LogP contribution in [0.1, 0.15) is 59.3 Å². The first-order valence-electron chi connectivity index (χ1n) is 7.71. The van der Waals surface area contributed by atoms with Gasteiger partial charge in [-0.2, -0.15) is 0 Å². The first-order chi connectivity index (χ1) is 8.64. The lowest BCUT2D eigenvalue weighted by Gasteiger charge is -2.46. The van der Waals surface area contributed by atoms with Gasteiger partial charge in [0, 0.05) is 18.6 Å². The second-order valence-electron chi connectivity index (χ2n) is 5.90. The molecule has 1 aliphatic carbocycles. The molecule has 3 heteroatoms. The van der Waals surface area contributed by atoms with Gasteiger partial charge in [-0.1, -0.05) is 26.2 Å². The molecule has 0 aromatic rings. The van der Waals surface area contributed by atoms with Crippen LogP contribution in [0.3, 0.4) is 0 Å². The van der Waals surface area contributed by atoms with Gasteiger partial charge in [-0.3, -0.25) is 4.90 Å². The van der Waals surface area contributed by atoms with Crippen molar-refractivity contribution in [1.29, 1.82) is 0 Å². The van der Waals surface area contributed by atoms with Crippen LogP contribution in [0.4, 0.5) is 0 Å². The summed E-state index contributed by atoms with van der Waals surface area (Å²) in [7, 11) is 0. The summed E-state index contributed by atoms with van der Waals surface area (Å²) < 4.78 is 5.72. The Balaban J connectivity index is 2.56. The van der Waals surface area contributed by atoms with Crippen LogP contribution in [0.15, 0.2) is 0 Å². The third-order valence-electron chi connectivity index (χ3n) is 4.14. The van der Waals surface area contributed by atoms with E-state index in [1.165, 1.54) is 38.5 Å². The number of hydrogen-bond donors (Lipinski definition) is 1. The zero-order valence-corrected chi connectivity index (χ0v) is 12.6. The van der Waals surface area contributed by atoms with Crippen LogP contribution in [0, 0.1) is 0 Å². The third-order valence-corrected chi connectivity index (χ3v) is 4.14. The van der Waals surface area contributed by atoms with Crippen molar-refractivity contribution in [3.63, 3.8) is 0 Å². The van der Waals surface area contributed by atoms with E-state index in [0.29, 0.717) is 6.10 Å². The Morgan fingerprint density at radius 3 is 2.33 bits per heavy atom. The van der Waals surface area contributed by atoms with E-state index in [1.807, 2.05) is 0 Å². The van der Waals surface area contributed by atoms with Crippen LogP contribution < -0.4 is 5.73 Å². The van der Waals surface area contributed by atoms with Crippen LogP contribution in [0.25, 0.3) is 0 Å². The molecule has 1 fully saturated rings. The molecular weight excluding hydrogens is 224 g/mol. The van der Waals surface area contributed by atoms with E-state index in [1.54, 1.807) is 0 Å². The minimum Gasteiger partial charge on any atom is -0.377 e. The molecule has 0 saturated heterocycles. The summed E-state index contributed by atoms with van der Waals surface area (Å²) in [5.41, 5.74) is 6.38. The SMILES string of the molecule is CCCN(CCOC(C)C)C1(CN)CCCCC1. The highest BCUT2D eigenvalue weighted by Crippen LogP contribution is 2.32. The Hall–Kier alpha value is -0.120. The van der Waals surface area contributed by atoms with Crippen LogP contribution in [0.2, 0.25) is 0 Å². The predicted octanol–water partition coefficient (Wildman–Crippen LogP) is 2.79. The molecule has 3 nitrogen and oxygen atoms in total. The van der Waals surface area contributed by atoms with Crippen molar-refractivity contribution in [3.05, 3.63) is 0 Å². The highest BCUT2D eigenvalue weighted by Gasteiger charge is 2.35. The highest BCUT2D eigenvalue weighted by atomic mass is 16.5. The maximum absolute atomic E-state index is 6.12. The van der Waals surface area contributed by atoms with E-state index in [4.69, 9.17) is 10.5 Å². The van der Waals surface area contributed by atoms with Gasteiger partial charge in [0.2, 0.25) is 0 Å². The van der Waals surface area contributed by atoms with Gasteiger partial charge in [0.15, 0.2) is 0 Å². The standard InChI is InChI=1S/C15H32N2O/c1-4-10-17(11-12-18-14(2)3)15(13-16)8-6-5-7-9-15/h14H,4-13,16H2,1-3H3. The lowest BCUT2D eigenvalue weighted by Crippen LogP contribution is -2.56. The fourth-order valence-electron chi connectivity index (χ4n) is 3.11. The average molecular weight is 256 g/mol. The van der Waals surface area contributed by atoms with Gasteiger partial charge >= 0.3 is 0 Å². The normalized spacial score (nSPS) is 19.7. The summed E-state index contributed by atoms with van der Waals surface area (Å²) >= 11 is 0. The lowest BCUT2D eigenvalue weighted by atomic mass is 9.80. The van der Waals surface area contributed by atoms with Crippen LogP contribution in [-0.4, -0.2) is 42.8 Å². The molecular formula is C15H32N2O. The summed E-state index contributed by atoms with van der Waals surface area (Å²) in [4.78, 5) is 2.61. The van der Waals surface area contributed by atoms with E-state index in [2.05, 4.69) is 25.7 Å². The molecule has 0 aromatic carbocycles. The smallest absolute Gasteiger partial charge is 0.0597 e. The molecule has 0 unspecified atom stereocenters. The molecule has 1 saturated carbocycles. The van der Waals surface area contributed by atoms with E-state index < -0.39 is 0 Å². The van der Waals surface area contributed by atoms with E-state index in [-0.39, 0.29) is 5.54 Å². The summed E-state index contributed by atoms with van der Waals surface area (Å²) in [6, 6.07) is 0. The van der Waals surface area contributed by atoms with Crippen LogP contribution in [-0.2, 0) is 4.74 Å². The van der Waals surface area contributed by atoms with Gasteiger partial charge in [-0.05, 0) is 39.7 Å². The highest BCUT2D eigenvalue weighted by molar-refractivity contribution is 4.94. The van der Waals surface area contributed by atoms with Gasteiger partial charge in [0.25, 0.3) is 0 Å². The van der Waals surface area contributed by atoms with Crippen molar-refractivity contribution >= 4 is 0 Å². The Kier molecular flexibility index (Phi) is 7.20. The molecule has 0 radical (unpaired) electrons. The zero-order valence-electron chi connectivity index (χ0n) is 12.6. The molecule has 0 amide bonds. The molecule has 0 heterocycles. The van der Waals surface area contributed by atoms with Crippen molar-refractivity contribution in [2.75, 3.05) is 26.2 Å². The second-order valence-corrected chi connectivity index (χ2v) is 5.90. The fourth-order valence-corrected chi connectivity index (χ4v) is 3.11. The van der Waals surface area contributed by atoms with E-state index >= 15 is 0 Å². The molecule has 2 N–H and O–H groups in total. The maximum atomic E-state index is 6.12. The minimum absolute atomic E-state index is 0.259. The summed E-state index contributed by atoms with van der Waals surface area (Å²) in [6.45, 7) is 10.3. The molecule has 0 spiro atoms. The molecule has 0 aromatic heterocycles. The summed E-state index contributed by atoms with van der Waals surface area (Å²) in [5.74, 6) is 0. The Labute approximate surface area is 113 Å². The summed E-state index contributed by atoms with van der Waals surface area (Å²) in [6.07, 6.45) is 8.11. The quantitative estimate of drug-likeness (QED) is 0.726. The molecule has 108 valence electrons. The average Bonchev–Trinajstić information content (AvgIpc) is 2.38. The number of ether oxygens (including phenoxy) is 1. The lowest BCUT2D eigenvalue weighted by molar-refractivity contribution is 0.00729. The predicted molar refractivity (Wildman–Crippen MR) is 77.8 cm³/mol. The largest absolute Gasteiger partial charge is 0.377 e. The number of nitrogens with two attached hydrogens (primary N) is 1.